The van der Waals surface area contributed by atoms with E-state index in [9.17, 15) is 31.1 Å². The minimum Gasteiger partial charge on any atom is -0.489 e. The van der Waals surface area contributed by atoms with Gasteiger partial charge in [0.05, 0.1) is 29.2 Å². The van der Waals surface area contributed by atoms with Gasteiger partial charge in [-0.15, -0.1) is 0 Å². The van der Waals surface area contributed by atoms with Crippen LogP contribution in [0, 0.1) is 48.8 Å². The Balaban J connectivity index is 1.47. The van der Waals surface area contributed by atoms with Crippen LogP contribution in [0.5, 0.6) is 5.75 Å². The number of nitrogens with one attached hydrogen (secondary N) is 1. The largest absolute Gasteiger partial charge is 0.489 e. The van der Waals surface area contributed by atoms with Crippen LogP contribution in [-0.4, -0.2) is 15.7 Å². The number of aryl methyl sites for hydroxylation is 1. The molecule has 0 saturated carbocycles. The minimum atomic E-state index is -2.24. The summed E-state index contributed by atoms with van der Waals surface area (Å²) >= 11 is 0. The lowest BCUT2D eigenvalue weighted by molar-refractivity contribution is 0.102. The second kappa shape index (κ2) is 10.4. The molecule has 0 aliphatic carbocycles. The van der Waals surface area contributed by atoms with Gasteiger partial charge in [0.15, 0.2) is 23.3 Å². The molecule has 4 aromatic rings. The fourth-order valence-corrected chi connectivity index (χ4v) is 3.61. The number of halogens is 6. The van der Waals surface area contributed by atoms with Gasteiger partial charge in [0.2, 0.25) is 5.82 Å². The standard InChI is InChI=1S/C26H19F6N3O2/c1-13-25(14(2)35(34-13)11-19-20(28)22(30)24(32)23(31)21(19)29)33-26(36)16-5-3-15(4-6-16)12-37-18-9-7-17(27)8-10-18/h3-10H,11-12H2,1-2H3,(H,33,36). The Hall–Kier alpha value is -4.28. The van der Waals surface area contributed by atoms with Gasteiger partial charge in [-0.1, -0.05) is 12.1 Å². The number of carbonyl (C=O) groups is 1. The smallest absolute Gasteiger partial charge is 0.255 e. The molecule has 3 aromatic carbocycles. The van der Waals surface area contributed by atoms with Gasteiger partial charge in [0.1, 0.15) is 18.2 Å². The molecule has 0 bridgehead atoms. The van der Waals surface area contributed by atoms with Gasteiger partial charge in [-0.25, -0.2) is 26.3 Å². The molecule has 0 fully saturated rings. The number of benzene rings is 3. The lowest BCUT2D eigenvalue weighted by Gasteiger charge is -2.11. The van der Waals surface area contributed by atoms with E-state index in [1.54, 1.807) is 24.3 Å². The van der Waals surface area contributed by atoms with Gasteiger partial charge < -0.3 is 10.1 Å². The third-order valence-electron chi connectivity index (χ3n) is 5.66. The van der Waals surface area contributed by atoms with Gasteiger partial charge in [-0.2, -0.15) is 5.10 Å². The van der Waals surface area contributed by atoms with Gasteiger partial charge in [0.25, 0.3) is 5.91 Å². The highest BCUT2D eigenvalue weighted by atomic mass is 19.2. The second-order valence-electron chi connectivity index (χ2n) is 8.15. The van der Waals surface area contributed by atoms with Crippen molar-refractivity contribution in [2.24, 2.45) is 0 Å². The molecule has 1 N–H and O–H groups in total. The minimum absolute atomic E-state index is 0.191. The van der Waals surface area contributed by atoms with E-state index in [1.807, 2.05) is 0 Å². The first kappa shape index (κ1) is 25.8. The van der Waals surface area contributed by atoms with E-state index < -0.39 is 47.1 Å². The van der Waals surface area contributed by atoms with Crippen LogP contribution >= 0.6 is 0 Å². The average molecular weight is 519 g/mol. The highest BCUT2D eigenvalue weighted by molar-refractivity contribution is 6.04. The second-order valence-corrected chi connectivity index (χ2v) is 8.15. The number of rotatable bonds is 7. The predicted octanol–water partition coefficient (Wildman–Crippen LogP) is 6.21. The van der Waals surface area contributed by atoms with Gasteiger partial charge in [-0.3, -0.25) is 9.48 Å². The third-order valence-corrected chi connectivity index (χ3v) is 5.66. The topological polar surface area (TPSA) is 56.2 Å². The number of hydrogen-bond donors (Lipinski definition) is 1. The summed E-state index contributed by atoms with van der Waals surface area (Å²) < 4.78 is 88.2. The fourth-order valence-electron chi connectivity index (χ4n) is 3.61. The molecule has 0 unspecified atom stereocenters. The normalized spacial score (nSPS) is 11.0. The van der Waals surface area contributed by atoms with E-state index in [2.05, 4.69) is 10.4 Å². The molecule has 1 heterocycles. The number of aromatic nitrogens is 2. The number of nitrogens with zero attached hydrogens (tertiary/aromatic N) is 2. The number of anilines is 1. The first-order valence-electron chi connectivity index (χ1n) is 10.9. The van der Waals surface area contributed by atoms with Crippen molar-refractivity contribution in [3.63, 3.8) is 0 Å². The molecule has 1 aromatic heterocycles. The SMILES string of the molecule is Cc1nn(Cc2c(F)c(F)c(F)c(F)c2F)c(C)c1NC(=O)c1ccc(COc2ccc(F)cc2)cc1. The summed E-state index contributed by atoms with van der Waals surface area (Å²) in [7, 11) is 0. The maximum atomic E-state index is 14.1. The summed E-state index contributed by atoms with van der Waals surface area (Å²) in [5.41, 5.74) is 0.759. The van der Waals surface area contributed by atoms with Crippen molar-refractivity contribution in [3.8, 4) is 5.75 Å². The summed E-state index contributed by atoms with van der Waals surface area (Å²) in [6, 6.07) is 12.0. The zero-order valence-electron chi connectivity index (χ0n) is 19.5. The number of hydrogen-bond acceptors (Lipinski definition) is 3. The highest BCUT2D eigenvalue weighted by Gasteiger charge is 2.27. The molecular formula is C26H19F6N3O2. The van der Waals surface area contributed by atoms with Crippen molar-refractivity contribution in [2.75, 3.05) is 5.32 Å². The molecule has 1 amide bonds. The number of ether oxygens (including phenoxy) is 1. The Kier molecular flexibility index (Phi) is 7.23. The van der Waals surface area contributed by atoms with Crippen molar-refractivity contribution in [1.82, 2.24) is 9.78 Å². The predicted molar refractivity (Wildman–Crippen MR) is 122 cm³/mol. The van der Waals surface area contributed by atoms with Crippen LogP contribution in [0.15, 0.2) is 48.5 Å². The molecule has 0 saturated heterocycles. The molecule has 5 nitrogen and oxygen atoms in total. The highest BCUT2D eigenvalue weighted by Crippen LogP contribution is 2.26. The van der Waals surface area contributed by atoms with Crippen molar-refractivity contribution in [2.45, 2.75) is 27.0 Å². The summed E-state index contributed by atoms with van der Waals surface area (Å²) in [5.74, 6) is -10.6. The van der Waals surface area contributed by atoms with Gasteiger partial charge in [-0.05, 0) is 55.8 Å². The van der Waals surface area contributed by atoms with Crippen LogP contribution in [0.25, 0.3) is 0 Å². The van der Waals surface area contributed by atoms with Crippen molar-refractivity contribution in [3.05, 3.63) is 112 Å². The Morgan fingerprint density at radius 2 is 1.41 bits per heavy atom. The molecule has 0 spiro atoms. The maximum Gasteiger partial charge on any atom is 0.255 e. The zero-order valence-corrected chi connectivity index (χ0v) is 19.5. The molecule has 0 aliphatic rings. The first-order chi connectivity index (χ1) is 17.6. The Morgan fingerprint density at radius 3 is 2.00 bits per heavy atom. The molecule has 0 radical (unpaired) electrons. The zero-order chi connectivity index (χ0) is 26.9. The maximum absolute atomic E-state index is 14.1. The van der Waals surface area contributed by atoms with E-state index in [-0.39, 0.29) is 35.1 Å². The quantitative estimate of drug-likeness (QED) is 0.179. The molecule has 11 heteroatoms. The van der Waals surface area contributed by atoms with Crippen LogP contribution in [0.3, 0.4) is 0 Å². The van der Waals surface area contributed by atoms with Crippen LogP contribution in [-0.2, 0) is 13.2 Å². The molecule has 192 valence electrons. The van der Waals surface area contributed by atoms with E-state index in [1.165, 1.54) is 38.1 Å². The Bertz CT molecular complexity index is 1440. The fraction of sp³-hybridized carbons (Fsp3) is 0.154. The number of carbonyl (C=O) groups excluding carboxylic acids is 1. The van der Waals surface area contributed by atoms with Crippen LogP contribution < -0.4 is 10.1 Å². The molecule has 0 aliphatic heterocycles. The van der Waals surface area contributed by atoms with E-state index in [0.717, 1.165) is 10.2 Å². The molecule has 37 heavy (non-hydrogen) atoms. The average Bonchev–Trinajstić information content (AvgIpc) is 3.16. The van der Waals surface area contributed by atoms with E-state index in [0.29, 0.717) is 5.75 Å². The monoisotopic (exact) mass is 519 g/mol. The van der Waals surface area contributed by atoms with Crippen molar-refractivity contribution < 1.29 is 35.9 Å². The third kappa shape index (κ3) is 5.30. The summed E-state index contributed by atoms with van der Waals surface area (Å²) in [6.45, 7) is 2.46. The molecule has 0 atom stereocenters. The summed E-state index contributed by atoms with van der Waals surface area (Å²) in [5, 5.41) is 6.74. The van der Waals surface area contributed by atoms with Crippen LogP contribution in [0.2, 0.25) is 0 Å². The number of amides is 1. The Labute approximate surface area is 207 Å². The lowest BCUT2D eigenvalue weighted by atomic mass is 10.1. The van der Waals surface area contributed by atoms with Crippen LogP contribution in [0.4, 0.5) is 32.0 Å². The summed E-state index contributed by atoms with van der Waals surface area (Å²) in [6.07, 6.45) is 0. The van der Waals surface area contributed by atoms with Crippen molar-refractivity contribution >= 4 is 11.6 Å². The lowest BCUT2D eigenvalue weighted by Crippen LogP contribution is -2.14. The van der Waals surface area contributed by atoms with Gasteiger partial charge >= 0.3 is 0 Å². The Morgan fingerprint density at radius 1 is 0.838 bits per heavy atom. The van der Waals surface area contributed by atoms with E-state index >= 15 is 0 Å². The van der Waals surface area contributed by atoms with Crippen LogP contribution in [0.1, 0.15) is 32.9 Å². The molecular weight excluding hydrogens is 500 g/mol. The summed E-state index contributed by atoms with van der Waals surface area (Å²) in [4.78, 5) is 12.8. The molecule has 4 rings (SSSR count). The van der Waals surface area contributed by atoms with Crippen molar-refractivity contribution in [1.29, 1.82) is 0 Å². The van der Waals surface area contributed by atoms with E-state index in [4.69, 9.17) is 4.74 Å². The first-order valence-corrected chi connectivity index (χ1v) is 10.9. The van der Waals surface area contributed by atoms with Gasteiger partial charge in [0, 0.05) is 5.56 Å².